The summed E-state index contributed by atoms with van der Waals surface area (Å²) in [6.45, 7) is 6.02. The summed E-state index contributed by atoms with van der Waals surface area (Å²) in [6.07, 6.45) is 8.19. The SMILES string of the molecule is C=CC1CCC=C1CC. The van der Waals surface area contributed by atoms with E-state index in [-0.39, 0.29) is 0 Å². The summed E-state index contributed by atoms with van der Waals surface area (Å²) in [4.78, 5) is 0. The van der Waals surface area contributed by atoms with Gasteiger partial charge >= 0.3 is 0 Å². The van der Waals surface area contributed by atoms with E-state index in [2.05, 4.69) is 25.7 Å². The van der Waals surface area contributed by atoms with Gasteiger partial charge in [-0.15, -0.1) is 6.58 Å². The third kappa shape index (κ3) is 1.24. The Kier molecular flexibility index (Phi) is 2.10. The predicted molar refractivity (Wildman–Crippen MR) is 41.3 cm³/mol. The lowest BCUT2D eigenvalue weighted by Crippen LogP contribution is -1.91. The molecule has 0 aromatic carbocycles. The van der Waals surface area contributed by atoms with E-state index in [0.717, 1.165) is 0 Å². The molecule has 1 aliphatic carbocycles. The molecule has 0 fully saturated rings. The van der Waals surface area contributed by atoms with Gasteiger partial charge in [0, 0.05) is 0 Å². The van der Waals surface area contributed by atoms with E-state index >= 15 is 0 Å². The molecule has 0 amide bonds. The van der Waals surface area contributed by atoms with Crippen LogP contribution < -0.4 is 0 Å². The van der Waals surface area contributed by atoms with Crippen LogP contribution in [0.2, 0.25) is 0 Å². The second-order valence-corrected chi connectivity index (χ2v) is 2.55. The van der Waals surface area contributed by atoms with E-state index in [9.17, 15) is 0 Å². The van der Waals surface area contributed by atoms with Crippen molar-refractivity contribution in [3.63, 3.8) is 0 Å². The molecule has 0 spiro atoms. The van der Waals surface area contributed by atoms with Crippen molar-refractivity contribution in [3.05, 3.63) is 24.3 Å². The smallest absolute Gasteiger partial charge is 0.00231 e. The minimum atomic E-state index is 0.704. The Hall–Kier alpha value is -0.520. The molecule has 50 valence electrons. The minimum Gasteiger partial charge on any atom is -0.102 e. The Bertz CT molecular complexity index is 131. The molecule has 1 aliphatic rings. The third-order valence-corrected chi connectivity index (χ3v) is 2.05. The van der Waals surface area contributed by atoms with Gasteiger partial charge in [-0.1, -0.05) is 24.6 Å². The molecule has 0 aromatic heterocycles. The van der Waals surface area contributed by atoms with Crippen LogP contribution in [-0.4, -0.2) is 0 Å². The van der Waals surface area contributed by atoms with Gasteiger partial charge in [-0.3, -0.25) is 0 Å². The van der Waals surface area contributed by atoms with Crippen LogP contribution in [0.5, 0.6) is 0 Å². The normalized spacial score (nSPS) is 25.9. The van der Waals surface area contributed by atoms with Gasteiger partial charge in [0.2, 0.25) is 0 Å². The fraction of sp³-hybridized carbons (Fsp3) is 0.556. The average molecular weight is 122 g/mol. The topological polar surface area (TPSA) is 0 Å². The first-order chi connectivity index (χ1) is 4.38. The highest BCUT2D eigenvalue weighted by Crippen LogP contribution is 2.28. The van der Waals surface area contributed by atoms with E-state index in [4.69, 9.17) is 0 Å². The maximum Gasteiger partial charge on any atom is -0.00231 e. The van der Waals surface area contributed by atoms with Crippen LogP contribution in [-0.2, 0) is 0 Å². The quantitative estimate of drug-likeness (QED) is 0.494. The maximum absolute atomic E-state index is 3.80. The molecule has 0 heterocycles. The Labute approximate surface area is 57.3 Å². The number of hydrogen-bond donors (Lipinski definition) is 0. The van der Waals surface area contributed by atoms with Crippen molar-refractivity contribution in [1.29, 1.82) is 0 Å². The number of allylic oxidation sites excluding steroid dienone is 3. The second-order valence-electron chi connectivity index (χ2n) is 2.55. The molecular weight excluding hydrogens is 108 g/mol. The van der Waals surface area contributed by atoms with Crippen LogP contribution in [0, 0.1) is 5.92 Å². The molecule has 0 saturated carbocycles. The van der Waals surface area contributed by atoms with Crippen molar-refractivity contribution in [3.8, 4) is 0 Å². The summed E-state index contributed by atoms with van der Waals surface area (Å²) in [7, 11) is 0. The Balaban J connectivity index is 2.56. The molecule has 0 radical (unpaired) electrons. The van der Waals surface area contributed by atoms with E-state index in [0.29, 0.717) is 5.92 Å². The molecule has 1 unspecified atom stereocenters. The van der Waals surface area contributed by atoms with Crippen molar-refractivity contribution in [2.45, 2.75) is 26.2 Å². The van der Waals surface area contributed by atoms with Gasteiger partial charge in [0.1, 0.15) is 0 Å². The van der Waals surface area contributed by atoms with Crippen LogP contribution in [0.3, 0.4) is 0 Å². The van der Waals surface area contributed by atoms with Crippen LogP contribution in [0.25, 0.3) is 0 Å². The Morgan fingerprint density at radius 2 is 2.67 bits per heavy atom. The predicted octanol–water partition coefficient (Wildman–Crippen LogP) is 2.92. The molecule has 1 atom stereocenters. The molecule has 0 saturated heterocycles. The van der Waals surface area contributed by atoms with Gasteiger partial charge in [0.05, 0.1) is 0 Å². The first-order valence-electron chi connectivity index (χ1n) is 3.70. The van der Waals surface area contributed by atoms with Gasteiger partial charge < -0.3 is 0 Å². The van der Waals surface area contributed by atoms with Gasteiger partial charge in [0.15, 0.2) is 0 Å². The molecule has 9 heavy (non-hydrogen) atoms. The van der Waals surface area contributed by atoms with Crippen molar-refractivity contribution in [2.75, 3.05) is 0 Å². The van der Waals surface area contributed by atoms with Crippen molar-refractivity contribution in [2.24, 2.45) is 5.92 Å². The average Bonchev–Trinajstić information content (AvgIpc) is 2.33. The van der Waals surface area contributed by atoms with E-state index in [1.54, 1.807) is 5.57 Å². The zero-order chi connectivity index (χ0) is 6.69. The number of rotatable bonds is 2. The zero-order valence-electron chi connectivity index (χ0n) is 6.06. The van der Waals surface area contributed by atoms with E-state index < -0.39 is 0 Å². The van der Waals surface area contributed by atoms with Crippen LogP contribution in [0.15, 0.2) is 24.3 Å². The second kappa shape index (κ2) is 2.86. The summed E-state index contributed by atoms with van der Waals surface area (Å²) in [6, 6.07) is 0. The van der Waals surface area contributed by atoms with Crippen LogP contribution >= 0.6 is 0 Å². The Morgan fingerprint density at radius 1 is 1.89 bits per heavy atom. The largest absolute Gasteiger partial charge is 0.102 e. The third-order valence-electron chi connectivity index (χ3n) is 2.05. The van der Waals surface area contributed by atoms with E-state index in [1.807, 2.05) is 0 Å². The van der Waals surface area contributed by atoms with Gasteiger partial charge in [-0.25, -0.2) is 0 Å². The van der Waals surface area contributed by atoms with Crippen molar-refractivity contribution >= 4 is 0 Å². The molecule has 1 rings (SSSR count). The lowest BCUT2D eigenvalue weighted by Gasteiger charge is -2.05. The summed E-state index contributed by atoms with van der Waals surface area (Å²) >= 11 is 0. The standard InChI is InChI=1S/C9H14/c1-3-8-6-5-7-9(8)4-2/h3,7-8H,1,4-6H2,2H3. The highest BCUT2D eigenvalue weighted by Gasteiger charge is 2.12. The fourth-order valence-corrected chi connectivity index (χ4v) is 1.46. The van der Waals surface area contributed by atoms with Gasteiger partial charge in [-0.05, 0) is 25.2 Å². The molecule has 0 nitrogen and oxygen atoms in total. The molecule has 0 bridgehead atoms. The monoisotopic (exact) mass is 122 g/mol. The van der Waals surface area contributed by atoms with Crippen LogP contribution in [0.1, 0.15) is 26.2 Å². The lowest BCUT2D eigenvalue weighted by molar-refractivity contribution is 0.721. The summed E-state index contributed by atoms with van der Waals surface area (Å²) in [5.74, 6) is 0.704. The lowest BCUT2D eigenvalue weighted by atomic mass is 10.0. The van der Waals surface area contributed by atoms with Crippen molar-refractivity contribution in [1.82, 2.24) is 0 Å². The summed E-state index contributed by atoms with van der Waals surface area (Å²) in [5, 5.41) is 0. The van der Waals surface area contributed by atoms with Gasteiger partial charge in [-0.2, -0.15) is 0 Å². The highest BCUT2D eigenvalue weighted by atomic mass is 14.2. The molecule has 0 aromatic rings. The summed E-state index contributed by atoms with van der Waals surface area (Å²) in [5.41, 5.74) is 1.59. The minimum absolute atomic E-state index is 0.704. The van der Waals surface area contributed by atoms with Gasteiger partial charge in [0.25, 0.3) is 0 Å². The molecule has 0 N–H and O–H groups in total. The highest BCUT2D eigenvalue weighted by molar-refractivity contribution is 5.16. The molecule has 0 aliphatic heterocycles. The van der Waals surface area contributed by atoms with Crippen molar-refractivity contribution < 1.29 is 0 Å². The molecular formula is C9H14. The van der Waals surface area contributed by atoms with Crippen LogP contribution in [0.4, 0.5) is 0 Å². The fourth-order valence-electron chi connectivity index (χ4n) is 1.46. The first-order valence-corrected chi connectivity index (χ1v) is 3.70. The molecule has 0 heteroatoms. The number of hydrogen-bond acceptors (Lipinski definition) is 0. The Morgan fingerprint density at radius 3 is 3.11 bits per heavy atom. The van der Waals surface area contributed by atoms with E-state index in [1.165, 1.54) is 19.3 Å². The zero-order valence-corrected chi connectivity index (χ0v) is 6.06. The first kappa shape index (κ1) is 6.60. The summed E-state index contributed by atoms with van der Waals surface area (Å²) < 4.78 is 0. The maximum atomic E-state index is 3.80.